The number of carbonyl (C=O) groups is 1. The van der Waals surface area contributed by atoms with Gasteiger partial charge in [-0.3, -0.25) is 9.78 Å². The minimum Gasteiger partial charge on any atom is -0.383 e. The molecule has 2 N–H and O–H groups in total. The lowest BCUT2D eigenvalue weighted by molar-refractivity contribution is -0.136. The van der Waals surface area contributed by atoms with Crippen LogP contribution < -0.4 is 5.32 Å². The number of benzene rings is 2. The topological polar surface area (TPSA) is 65.5 Å². The minimum absolute atomic E-state index is 0.0189. The summed E-state index contributed by atoms with van der Waals surface area (Å²) in [7, 11) is 0. The fourth-order valence-corrected chi connectivity index (χ4v) is 4.34. The summed E-state index contributed by atoms with van der Waals surface area (Å²) >= 11 is 0. The van der Waals surface area contributed by atoms with Gasteiger partial charge in [0, 0.05) is 25.0 Å². The number of amides is 1. The van der Waals surface area contributed by atoms with Crippen molar-refractivity contribution < 1.29 is 9.90 Å². The molecule has 1 aliphatic rings. The molecule has 0 spiro atoms. The Morgan fingerprint density at radius 2 is 1.61 bits per heavy atom. The summed E-state index contributed by atoms with van der Waals surface area (Å²) in [6.07, 6.45) is 2.64. The lowest BCUT2D eigenvalue weighted by Gasteiger charge is -2.39. The molecule has 1 saturated heterocycles. The molecule has 4 rings (SSSR count). The first-order chi connectivity index (χ1) is 15.8. The molecule has 1 aromatic heterocycles. The highest BCUT2D eigenvalue weighted by molar-refractivity contribution is 5.86. The van der Waals surface area contributed by atoms with Crippen molar-refractivity contribution in [1.29, 1.82) is 0 Å². The third-order valence-corrected chi connectivity index (χ3v) is 6.49. The Morgan fingerprint density at radius 3 is 2.18 bits per heavy atom. The van der Waals surface area contributed by atoms with Crippen molar-refractivity contribution in [3.8, 4) is 0 Å². The Kier molecular flexibility index (Phi) is 6.52. The maximum absolute atomic E-state index is 13.7. The fraction of sp³-hybridized carbons (Fsp3) is 0.357. The van der Waals surface area contributed by atoms with E-state index in [1.54, 1.807) is 6.20 Å². The number of anilines is 1. The maximum Gasteiger partial charge on any atom is 0.249 e. The van der Waals surface area contributed by atoms with Crippen LogP contribution in [-0.2, 0) is 15.8 Å². The molecule has 0 bridgehead atoms. The van der Waals surface area contributed by atoms with Crippen molar-refractivity contribution in [2.45, 2.75) is 50.7 Å². The van der Waals surface area contributed by atoms with Crippen molar-refractivity contribution >= 4 is 11.6 Å². The summed E-state index contributed by atoms with van der Waals surface area (Å²) < 4.78 is 0. The van der Waals surface area contributed by atoms with Gasteiger partial charge < -0.3 is 15.3 Å². The Bertz CT molecular complexity index is 1050. The van der Waals surface area contributed by atoms with Crippen LogP contribution in [0.15, 0.2) is 79.0 Å². The highest BCUT2D eigenvalue weighted by Crippen LogP contribution is 2.33. The van der Waals surface area contributed by atoms with E-state index in [1.807, 2.05) is 65.6 Å². The van der Waals surface area contributed by atoms with Crippen molar-refractivity contribution in [3.63, 3.8) is 0 Å². The first kappa shape index (κ1) is 23.0. The number of piperidine rings is 1. The largest absolute Gasteiger partial charge is 0.383 e. The van der Waals surface area contributed by atoms with Gasteiger partial charge in [-0.25, -0.2) is 0 Å². The van der Waals surface area contributed by atoms with Gasteiger partial charge in [-0.05, 0) is 53.6 Å². The lowest BCUT2D eigenvalue weighted by atomic mass is 9.85. The second-order valence-corrected chi connectivity index (χ2v) is 9.89. The Hall–Kier alpha value is -3.18. The highest BCUT2D eigenvalue weighted by atomic mass is 16.3. The second kappa shape index (κ2) is 9.36. The molecule has 1 amide bonds. The number of aliphatic hydroxyl groups is 1. The van der Waals surface area contributed by atoms with Gasteiger partial charge in [0.15, 0.2) is 0 Å². The van der Waals surface area contributed by atoms with E-state index in [1.165, 1.54) is 5.56 Å². The molecule has 0 saturated carbocycles. The van der Waals surface area contributed by atoms with E-state index < -0.39 is 11.6 Å². The SMILES string of the molecule is CC(C)(C)c1ccc(C(Nc2ccccc2)C(=O)N2CCC(O)(c3ccccn3)CC2)cc1. The number of aromatic nitrogens is 1. The lowest BCUT2D eigenvalue weighted by Crippen LogP contribution is -2.48. The van der Waals surface area contributed by atoms with Crippen LogP contribution in [0.4, 0.5) is 5.69 Å². The molecule has 1 aliphatic heterocycles. The summed E-state index contributed by atoms with van der Waals surface area (Å²) in [5, 5.41) is 14.6. The van der Waals surface area contributed by atoms with E-state index in [4.69, 9.17) is 0 Å². The van der Waals surface area contributed by atoms with E-state index >= 15 is 0 Å². The summed E-state index contributed by atoms with van der Waals surface area (Å²) in [5.74, 6) is 0.0189. The molecule has 33 heavy (non-hydrogen) atoms. The number of likely N-dealkylation sites (tertiary alicyclic amines) is 1. The average molecular weight is 444 g/mol. The number of nitrogens with one attached hydrogen (secondary N) is 1. The standard InChI is InChI=1S/C28H33N3O2/c1-27(2,3)22-14-12-21(13-15-22)25(30-23-9-5-4-6-10-23)26(32)31-19-16-28(33,17-20-31)24-11-7-8-18-29-24/h4-15,18,25,30,33H,16-17,19-20H2,1-3H3. The van der Waals surface area contributed by atoms with Crippen molar-refractivity contribution in [2.75, 3.05) is 18.4 Å². The number of hydrogen-bond acceptors (Lipinski definition) is 4. The van der Waals surface area contributed by atoms with Crippen LogP contribution in [0.25, 0.3) is 0 Å². The Labute approximate surface area is 196 Å². The molecule has 0 radical (unpaired) electrons. The summed E-state index contributed by atoms with van der Waals surface area (Å²) in [5.41, 5.74) is 2.80. The number of hydrogen-bond donors (Lipinski definition) is 2. The van der Waals surface area contributed by atoms with Crippen molar-refractivity contribution in [3.05, 3.63) is 95.8 Å². The van der Waals surface area contributed by atoms with Gasteiger partial charge in [-0.1, -0.05) is 69.3 Å². The third-order valence-electron chi connectivity index (χ3n) is 6.49. The van der Waals surface area contributed by atoms with Crippen LogP contribution in [0.5, 0.6) is 0 Å². The molecular weight excluding hydrogens is 410 g/mol. The van der Waals surface area contributed by atoms with E-state index in [-0.39, 0.29) is 11.3 Å². The fourth-order valence-electron chi connectivity index (χ4n) is 4.34. The number of carbonyl (C=O) groups excluding carboxylic acids is 1. The first-order valence-electron chi connectivity index (χ1n) is 11.6. The molecule has 2 aromatic carbocycles. The van der Waals surface area contributed by atoms with E-state index in [0.29, 0.717) is 31.6 Å². The third kappa shape index (κ3) is 5.25. The van der Waals surface area contributed by atoms with Gasteiger partial charge >= 0.3 is 0 Å². The quantitative estimate of drug-likeness (QED) is 0.580. The van der Waals surface area contributed by atoms with Gasteiger partial charge in [-0.2, -0.15) is 0 Å². The zero-order chi connectivity index (χ0) is 23.5. The molecule has 2 heterocycles. The predicted molar refractivity (Wildman–Crippen MR) is 132 cm³/mol. The molecule has 5 heteroatoms. The van der Waals surface area contributed by atoms with Gasteiger partial charge in [0.1, 0.15) is 11.6 Å². The van der Waals surface area contributed by atoms with Crippen LogP contribution in [-0.4, -0.2) is 34.0 Å². The zero-order valence-electron chi connectivity index (χ0n) is 19.7. The second-order valence-electron chi connectivity index (χ2n) is 9.89. The molecule has 1 unspecified atom stereocenters. The van der Waals surface area contributed by atoms with E-state index in [0.717, 1.165) is 11.3 Å². The molecule has 0 aliphatic carbocycles. The van der Waals surface area contributed by atoms with Crippen LogP contribution in [0.2, 0.25) is 0 Å². The molecular formula is C28H33N3O2. The summed E-state index contributed by atoms with van der Waals surface area (Å²) in [4.78, 5) is 19.9. The van der Waals surface area contributed by atoms with Gasteiger partial charge in [-0.15, -0.1) is 0 Å². The van der Waals surface area contributed by atoms with Gasteiger partial charge in [0.05, 0.1) is 5.69 Å². The van der Waals surface area contributed by atoms with Crippen LogP contribution in [0.1, 0.15) is 56.5 Å². The molecule has 5 nitrogen and oxygen atoms in total. The van der Waals surface area contributed by atoms with Crippen LogP contribution in [0.3, 0.4) is 0 Å². The molecule has 1 fully saturated rings. The smallest absolute Gasteiger partial charge is 0.249 e. The Morgan fingerprint density at radius 1 is 0.970 bits per heavy atom. The number of nitrogens with zero attached hydrogens (tertiary/aromatic N) is 2. The minimum atomic E-state index is -0.991. The van der Waals surface area contributed by atoms with Crippen molar-refractivity contribution in [2.24, 2.45) is 0 Å². The molecule has 3 aromatic rings. The van der Waals surface area contributed by atoms with Crippen molar-refractivity contribution in [1.82, 2.24) is 9.88 Å². The summed E-state index contributed by atoms with van der Waals surface area (Å²) in [6.45, 7) is 7.52. The normalized spacial score (nSPS) is 16.8. The monoisotopic (exact) mass is 443 g/mol. The van der Waals surface area contributed by atoms with Crippen LogP contribution >= 0.6 is 0 Å². The number of para-hydroxylation sites is 1. The summed E-state index contributed by atoms with van der Waals surface area (Å²) in [6, 6.07) is 23.2. The van der Waals surface area contributed by atoms with Gasteiger partial charge in [0.25, 0.3) is 0 Å². The predicted octanol–water partition coefficient (Wildman–Crippen LogP) is 5.04. The Balaban J connectivity index is 1.55. The van der Waals surface area contributed by atoms with E-state index in [9.17, 15) is 9.90 Å². The first-order valence-corrected chi connectivity index (χ1v) is 11.6. The highest BCUT2D eigenvalue weighted by Gasteiger charge is 2.38. The number of rotatable bonds is 5. The maximum atomic E-state index is 13.7. The van der Waals surface area contributed by atoms with E-state index in [2.05, 4.69) is 43.2 Å². The number of pyridine rings is 1. The van der Waals surface area contributed by atoms with Crippen LogP contribution in [0, 0.1) is 0 Å². The molecule has 1 atom stereocenters. The average Bonchev–Trinajstić information content (AvgIpc) is 2.83. The van der Waals surface area contributed by atoms with Gasteiger partial charge in [0.2, 0.25) is 5.91 Å². The molecule has 172 valence electrons. The zero-order valence-corrected chi connectivity index (χ0v) is 19.7.